The Morgan fingerprint density at radius 1 is 1.03 bits per heavy atom. The van der Waals surface area contributed by atoms with Gasteiger partial charge in [-0.15, -0.1) is 0 Å². The summed E-state index contributed by atoms with van der Waals surface area (Å²) in [5.74, 6) is 0.285. The van der Waals surface area contributed by atoms with Gasteiger partial charge in [-0.25, -0.2) is 8.42 Å². The lowest BCUT2D eigenvalue weighted by Crippen LogP contribution is -2.38. The average molecular weight is 429 g/mol. The molecule has 1 heterocycles. The Kier molecular flexibility index (Phi) is 6.68. The van der Waals surface area contributed by atoms with Gasteiger partial charge in [-0.3, -0.25) is 4.79 Å². The van der Waals surface area contributed by atoms with Gasteiger partial charge in [0, 0.05) is 18.7 Å². The van der Waals surface area contributed by atoms with E-state index in [1.807, 2.05) is 39.8 Å². The van der Waals surface area contributed by atoms with Gasteiger partial charge in [0.2, 0.25) is 10.0 Å². The molecule has 1 amide bonds. The molecule has 1 N–H and O–H groups in total. The second-order valence-electron chi connectivity index (χ2n) is 8.62. The van der Waals surface area contributed by atoms with Crippen LogP contribution in [0.1, 0.15) is 65.3 Å². The summed E-state index contributed by atoms with van der Waals surface area (Å²) in [6.45, 7) is 11.0. The molecule has 1 unspecified atom stereocenters. The monoisotopic (exact) mass is 428 g/mol. The normalized spacial score (nSPS) is 17.0. The van der Waals surface area contributed by atoms with Crippen molar-refractivity contribution in [2.24, 2.45) is 5.92 Å². The van der Waals surface area contributed by atoms with Crippen molar-refractivity contribution in [2.75, 3.05) is 13.1 Å². The zero-order valence-electron chi connectivity index (χ0n) is 18.5. The summed E-state index contributed by atoms with van der Waals surface area (Å²) in [6.07, 6.45) is 1.73. The molecule has 1 aliphatic rings. The van der Waals surface area contributed by atoms with Crippen molar-refractivity contribution in [3.8, 4) is 0 Å². The molecule has 1 aliphatic heterocycles. The van der Waals surface area contributed by atoms with Crippen LogP contribution in [0, 0.1) is 26.7 Å². The standard InChI is InChI=1S/C24H32N2O3S/c1-16-10-12-26(13-11-16)30(28,29)21-9-8-19(4)23(15-21)24(27)25-20(5)22-14-17(2)6-7-18(22)3/h6-9,14-16,20H,10-13H2,1-5H3,(H,25,27). The first kappa shape index (κ1) is 22.5. The van der Waals surface area contributed by atoms with Crippen molar-refractivity contribution in [1.82, 2.24) is 9.62 Å². The second-order valence-corrected chi connectivity index (χ2v) is 10.6. The maximum Gasteiger partial charge on any atom is 0.252 e. The lowest BCUT2D eigenvalue weighted by molar-refractivity contribution is 0.0939. The lowest BCUT2D eigenvalue weighted by Gasteiger charge is -2.29. The summed E-state index contributed by atoms with van der Waals surface area (Å²) >= 11 is 0. The van der Waals surface area contributed by atoms with Crippen LogP contribution in [0.25, 0.3) is 0 Å². The van der Waals surface area contributed by atoms with Crippen molar-refractivity contribution in [1.29, 1.82) is 0 Å². The van der Waals surface area contributed by atoms with E-state index in [2.05, 4.69) is 18.3 Å². The number of carbonyl (C=O) groups is 1. The van der Waals surface area contributed by atoms with Gasteiger partial charge >= 0.3 is 0 Å². The van der Waals surface area contributed by atoms with E-state index in [0.29, 0.717) is 24.6 Å². The van der Waals surface area contributed by atoms with Crippen molar-refractivity contribution in [2.45, 2.75) is 58.4 Å². The molecule has 2 aromatic rings. The van der Waals surface area contributed by atoms with Crippen LogP contribution in [0.2, 0.25) is 0 Å². The van der Waals surface area contributed by atoms with E-state index >= 15 is 0 Å². The highest BCUT2D eigenvalue weighted by molar-refractivity contribution is 7.89. The third-order valence-corrected chi connectivity index (χ3v) is 7.98. The SMILES string of the molecule is Cc1ccc(C)c(C(C)NC(=O)c2cc(S(=O)(=O)N3CCC(C)CC3)ccc2C)c1. The molecule has 1 fully saturated rings. The molecule has 0 radical (unpaired) electrons. The Labute approximate surface area is 180 Å². The van der Waals surface area contributed by atoms with Crippen molar-refractivity contribution >= 4 is 15.9 Å². The van der Waals surface area contributed by atoms with Crippen LogP contribution in [0.4, 0.5) is 0 Å². The predicted molar refractivity (Wildman–Crippen MR) is 120 cm³/mol. The van der Waals surface area contributed by atoms with Crippen LogP contribution in [0.15, 0.2) is 41.3 Å². The number of rotatable bonds is 5. The molecule has 1 atom stereocenters. The number of amides is 1. The molecule has 162 valence electrons. The number of nitrogens with zero attached hydrogens (tertiary/aromatic N) is 1. The molecule has 6 heteroatoms. The van der Waals surface area contributed by atoms with Gasteiger partial charge in [0.05, 0.1) is 10.9 Å². The Morgan fingerprint density at radius 3 is 2.33 bits per heavy atom. The Morgan fingerprint density at radius 2 is 1.67 bits per heavy atom. The van der Waals surface area contributed by atoms with Gasteiger partial charge in [0.25, 0.3) is 5.91 Å². The van der Waals surface area contributed by atoms with Crippen LogP contribution in [-0.2, 0) is 10.0 Å². The first-order chi connectivity index (χ1) is 14.1. The van der Waals surface area contributed by atoms with Gasteiger partial charge in [-0.1, -0.05) is 36.8 Å². The smallest absolute Gasteiger partial charge is 0.252 e. The number of benzene rings is 2. The first-order valence-electron chi connectivity index (χ1n) is 10.6. The van der Waals surface area contributed by atoms with E-state index in [-0.39, 0.29) is 16.8 Å². The van der Waals surface area contributed by atoms with Gasteiger partial charge in [0.1, 0.15) is 0 Å². The van der Waals surface area contributed by atoms with E-state index in [1.54, 1.807) is 12.1 Å². The Hall–Kier alpha value is -2.18. The summed E-state index contributed by atoms with van der Waals surface area (Å²) in [6, 6.07) is 10.8. The molecule has 1 saturated heterocycles. The minimum atomic E-state index is -3.60. The highest BCUT2D eigenvalue weighted by atomic mass is 32.2. The number of piperidine rings is 1. The quantitative estimate of drug-likeness (QED) is 0.761. The zero-order valence-corrected chi connectivity index (χ0v) is 19.3. The van der Waals surface area contributed by atoms with E-state index in [0.717, 1.165) is 35.1 Å². The van der Waals surface area contributed by atoms with Gasteiger partial charge in [0.15, 0.2) is 0 Å². The van der Waals surface area contributed by atoms with Gasteiger partial charge in [-0.05, 0) is 75.3 Å². The molecule has 30 heavy (non-hydrogen) atoms. The largest absolute Gasteiger partial charge is 0.345 e. The molecule has 0 aromatic heterocycles. The van der Waals surface area contributed by atoms with E-state index in [9.17, 15) is 13.2 Å². The molecule has 5 nitrogen and oxygen atoms in total. The number of hydrogen-bond donors (Lipinski definition) is 1. The summed E-state index contributed by atoms with van der Waals surface area (Å²) in [7, 11) is -3.60. The molecule has 0 aliphatic carbocycles. The van der Waals surface area contributed by atoms with Crippen molar-refractivity contribution in [3.05, 3.63) is 64.2 Å². The fraction of sp³-hybridized carbons (Fsp3) is 0.458. The number of hydrogen-bond acceptors (Lipinski definition) is 3. The van der Waals surface area contributed by atoms with Crippen molar-refractivity contribution < 1.29 is 13.2 Å². The molecule has 3 rings (SSSR count). The number of sulfonamides is 1. The fourth-order valence-electron chi connectivity index (χ4n) is 3.96. The minimum Gasteiger partial charge on any atom is -0.345 e. The molecular weight excluding hydrogens is 396 g/mol. The Balaban J connectivity index is 1.84. The third kappa shape index (κ3) is 4.76. The van der Waals surface area contributed by atoms with Crippen LogP contribution in [0.3, 0.4) is 0 Å². The molecule has 0 spiro atoms. The zero-order chi connectivity index (χ0) is 22.1. The van der Waals surface area contributed by atoms with Crippen molar-refractivity contribution in [3.63, 3.8) is 0 Å². The summed E-state index contributed by atoms with van der Waals surface area (Å²) in [4.78, 5) is 13.2. The number of nitrogens with one attached hydrogen (secondary N) is 1. The highest BCUT2D eigenvalue weighted by Gasteiger charge is 2.29. The molecular formula is C24H32N2O3S. The maximum atomic E-state index is 13.1. The van der Waals surface area contributed by atoms with Crippen LogP contribution < -0.4 is 5.32 Å². The third-order valence-electron chi connectivity index (χ3n) is 6.08. The molecule has 2 aromatic carbocycles. The summed E-state index contributed by atoms with van der Waals surface area (Å²) in [5.41, 5.74) is 4.47. The first-order valence-corrected chi connectivity index (χ1v) is 12.0. The summed E-state index contributed by atoms with van der Waals surface area (Å²) < 4.78 is 27.7. The van der Waals surface area contributed by atoms with E-state index in [1.165, 1.54) is 10.4 Å². The summed E-state index contributed by atoms with van der Waals surface area (Å²) in [5, 5.41) is 3.04. The highest BCUT2D eigenvalue weighted by Crippen LogP contribution is 2.26. The topological polar surface area (TPSA) is 66.5 Å². The molecule has 0 saturated carbocycles. The maximum absolute atomic E-state index is 13.1. The van der Waals surface area contributed by atoms with Crippen LogP contribution in [-0.4, -0.2) is 31.7 Å². The van der Waals surface area contributed by atoms with Crippen LogP contribution in [0.5, 0.6) is 0 Å². The van der Waals surface area contributed by atoms with Gasteiger partial charge in [-0.2, -0.15) is 4.31 Å². The lowest BCUT2D eigenvalue weighted by atomic mass is 9.99. The van der Waals surface area contributed by atoms with E-state index in [4.69, 9.17) is 0 Å². The molecule has 0 bridgehead atoms. The minimum absolute atomic E-state index is 0.180. The number of aryl methyl sites for hydroxylation is 3. The van der Waals surface area contributed by atoms with E-state index < -0.39 is 10.0 Å². The van der Waals surface area contributed by atoms with Gasteiger partial charge < -0.3 is 5.32 Å². The fourth-order valence-corrected chi connectivity index (χ4v) is 5.46. The van der Waals surface area contributed by atoms with Crippen LogP contribution >= 0.6 is 0 Å². The predicted octanol–water partition coefficient (Wildman–Crippen LogP) is 4.52. The second kappa shape index (κ2) is 8.90. The average Bonchev–Trinajstić information content (AvgIpc) is 2.70. The Bertz CT molecular complexity index is 1040. The number of carbonyl (C=O) groups excluding carboxylic acids is 1.